The van der Waals surface area contributed by atoms with Gasteiger partial charge in [0.15, 0.2) is 11.5 Å². The maximum Gasteiger partial charge on any atom is 0.524 e. The molecule has 1 saturated carbocycles. The number of halogens is 1. The molecule has 2 aromatic carbocycles. The van der Waals surface area contributed by atoms with Gasteiger partial charge in [0, 0.05) is 12.0 Å². The molecule has 0 spiro atoms. The zero-order valence-corrected chi connectivity index (χ0v) is 26.6. The number of hydrogen-bond acceptors (Lipinski definition) is 13. The Labute approximate surface area is 273 Å². The first kappa shape index (κ1) is 35.8. The second-order valence-corrected chi connectivity index (χ2v) is 12.7. The Hall–Kier alpha value is -3.48. The van der Waals surface area contributed by atoms with Crippen LogP contribution in [0.3, 0.4) is 0 Å². The molecule has 16 nitrogen and oxygen atoms in total. The van der Waals surface area contributed by atoms with Crippen molar-refractivity contribution >= 4 is 25.5 Å². The van der Waals surface area contributed by atoms with Crippen molar-refractivity contribution in [1.29, 1.82) is 0 Å². The summed E-state index contributed by atoms with van der Waals surface area (Å²) >= 11 is 0. The predicted molar refractivity (Wildman–Crippen MR) is 162 cm³/mol. The summed E-state index contributed by atoms with van der Waals surface area (Å²) in [4.78, 5) is 37.3. The highest BCUT2D eigenvalue weighted by molar-refractivity contribution is 7.46. The molecule has 7 N–H and O–H groups in total. The van der Waals surface area contributed by atoms with E-state index in [1.54, 1.807) is 13.0 Å². The standard InChI is InChI=1S/C30H36FN2O14P/c1-14(30(38)32-23-24(35)26(37)29-28(25(23)36)42-13-43-29)8-16-6-7-20(21(10-16)47-48(39,40)41)45-22-11-19(34)27(46-22)15(2)33-44-12-17-4-3-5-18(31)9-17/h3-10,19,22-29,34-37H,11-13H2,1-2H3,(H,32,38)(H2,39,40,41). The number of fused-ring (bicyclic) bond motifs is 1. The fraction of sp³-hybridized carbons (Fsp3) is 0.467. The molecule has 48 heavy (non-hydrogen) atoms. The number of ether oxygens (including phenoxy) is 4. The van der Waals surface area contributed by atoms with Gasteiger partial charge in [-0.15, -0.1) is 0 Å². The van der Waals surface area contributed by atoms with Gasteiger partial charge in [0.2, 0.25) is 12.2 Å². The van der Waals surface area contributed by atoms with Crippen LogP contribution >= 0.6 is 7.82 Å². The SMILES string of the molecule is CC(=Cc1ccc(OC2CC(O)C(C(C)=NOCc3cccc(F)c3)O2)c(OP(=O)(O)O)c1)C(=O)NC1C(O)C(O)C2OCOC2C1O. The Morgan fingerprint density at radius 2 is 1.77 bits per heavy atom. The number of nitrogens with zero attached hydrogens (tertiary/aromatic N) is 1. The number of carbonyl (C=O) groups excluding carboxylic acids is 1. The van der Waals surface area contributed by atoms with E-state index in [1.807, 2.05) is 0 Å². The monoisotopic (exact) mass is 698 g/mol. The summed E-state index contributed by atoms with van der Waals surface area (Å²) in [5, 5.41) is 48.4. The quantitative estimate of drug-likeness (QED) is 0.0732. The van der Waals surface area contributed by atoms with Crippen LogP contribution in [-0.2, 0) is 35.0 Å². The van der Waals surface area contributed by atoms with Gasteiger partial charge in [-0.3, -0.25) is 14.6 Å². The van der Waals surface area contributed by atoms with E-state index in [0.29, 0.717) is 5.56 Å². The molecule has 0 aromatic heterocycles. The molecule has 18 heteroatoms. The van der Waals surface area contributed by atoms with E-state index in [4.69, 9.17) is 28.3 Å². The van der Waals surface area contributed by atoms with Gasteiger partial charge in [0.1, 0.15) is 55.8 Å². The summed E-state index contributed by atoms with van der Waals surface area (Å²) in [7, 11) is -5.10. The molecule has 9 atom stereocenters. The fourth-order valence-corrected chi connectivity index (χ4v) is 5.96. The number of aliphatic hydroxyl groups is 4. The van der Waals surface area contributed by atoms with Crippen molar-refractivity contribution in [1.82, 2.24) is 5.32 Å². The summed E-state index contributed by atoms with van der Waals surface area (Å²) in [5.41, 5.74) is 1.11. The Morgan fingerprint density at radius 3 is 2.48 bits per heavy atom. The minimum Gasteiger partial charge on any atom is -0.461 e. The van der Waals surface area contributed by atoms with E-state index in [9.17, 15) is 44.0 Å². The van der Waals surface area contributed by atoms with E-state index < -0.39 is 80.4 Å². The lowest BCUT2D eigenvalue weighted by atomic mass is 9.83. The number of rotatable bonds is 11. The first-order chi connectivity index (χ1) is 22.7. The molecule has 2 aliphatic heterocycles. The summed E-state index contributed by atoms with van der Waals surface area (Å²) in [5.74, 6) is -1.70. The third kappa shape index (κ3) is 8.56. The van der Waals surface area contributed by atoms with Crippen molar-refractivity contribution in [2.24, 2.45) is 5.16 Å². The Bertz CT molecular complexity index is 1590. The molecule has 9 unspecified atom stereocenters. The third-order valence-electron chi connectivity index (χ3n) is 7.91. The lowest BCUT2D eigenvalue weighted by molar-refractivity contribution is -0.155. The molecule has 0 bridgehead atoms. The number of amides is 1. The fourth-order valence-electron chi connectivity index (χ4n) is 5.56. The van der Waals surface area contributed by atoms with E-state index in [1.165, 1.54) is 49.4 Å². The van der Waals surface area contributed by atoms with Crippen LogP contribution in [0.5, 0.6) is 11.5 Å². The minimum atomic E-state index is -5.10. The molecular formula is C30H36FN2O14P. The van der Waals surface area contributed by atoms with Gasteiger partial charge in [-0.2, -0.15) is 0 Å². The average Bonchev–Trinajstić information content (AvgIpc) is 3.66. The summed E-state index contributed by atoms with van der Waals surface area (Å²) in [6.45, 7) is 2.75. The number of benzene rings is 2. The van der Waals surface area contributed by atoms with E-state index in [2.05, 4.69) is 10.5 Å². The number of phosphoric acid groups is 1. The molecule has 3 aliphatic rings. The number of phosphoric ester groups is 1. The van der Waals surface area contributed by atoms with Gasteiger partial charge in [-0.1, -0.05) is 23.4 Å². The highest BCUT2D eigenvalue weighted by Gasteiger charge is 2.53. The molecule has 5 rings (SSSR count). The van der Waals surface area contributed by atoms with E-state index in [0.717, 1.165) is 0 Å². The highest BCUT2D eigenvalue weighted by atomic mass is 31.2. The minimum absolute atomic E-state index is 0.0261. The van der Waals surface area contributed by atoms with Crippen LogP contribution in [0.2, 0.25) is 0 Å². The molecule has 1 amide bonds. The lowest BCUT2D eigenvalue weighted by Crippen LogP contribution is -2.67. The first-order valence-electron chi connectivity index (χ1n) is 14.8. The van der Waals surface area contributed by atoms with Crippen molar-refractivity contribution in [3.8, 4) is 11.5 Å². The molecule has 1 aliphatic carbocycles. The summed E-state index contributed by atoms with van der Waals surface area (Å²) in [6, 6.07) is 8.45. The van der Waals surface area contributed by atoms with Crippen molar-refractivity contribution in [2.45, 2.75) is 81.9 Å². The number of carbonyl (C=O) groups is 1. The number of oxime groups is 1. The second kappa shape index (κ2) is 15.0. The maximum atomic E-state index is 13.4. The van der Waals surface area contributed by atoms with Crippen LogP contribution in [0, 0.1) is 5.82 Å². The molecule has 262 valence electrons. The number of nitrogens with one attached hydrogen (secondary N) is 1. The molecule has 2 heterocycles. The van der Waals surface area contributed by atoms with Crippen molar-refractivity contribution in [3.63, 3.8) is 0 Å². The zero-order valence-electron chi connectivity index (χ0n) is 25.7. The Balaban J connectivity index is 1.25. The van der Waals surface area contributed by atoms with Crippen molar-refractivity contribution in [2.75, 3.05) is 6.79 Å². The average molecular weight is 699 g/mol. The van der Waals surface area contributed by atoms with Gasteiger partial charge in [-0.05, 0) is 55.3 Å². The largest absolute Gasteiger partial charge is 0.524 e. The molecule has 3 fully saturated rings. The normalized spacial score (nSPS) is 30.9. The number of aliphatic hydroxyl groups excluding tert-OH is 4. The van der Waals surface area contributed by atoms with E-state index >= 15 is 0 Å². The van der Waals surface area contributed by atoms with Crippen molar-refractivity contribution < 1.29 is 72.3 Å². The zero-order chi connectivity index (χ0) is 34.7. The van der Waals surface area contributed by atoms with Crippen LogP contribution in [0.4, 0.5) is 4.39 Å². The van der Waals surface area contributed by atoms with Crippen LogP contribution < -0.4 is 14.6 Å². The Morgan fingerprint density at radius 1 is 1.04 bits per heavy atom. The summed E-state index contributed by atoms with van der Waals surface area (Å²) in [6.07, 6.45) is -8.11. The third-order valence-corrected chi connectivity index (χ3v) is 8.34. The second-order valence-electron chi connectivity index (χ2n) is 11.5. The van der Waals surface area contributed by atoms with E-state index in [-0.39, 0.29) is 42.4 Å². The van der Waals surface area contributed by atoms with Gasteiger partial charge >= 0.3 is 7.82 Å². The molecule has 0 radical (unpaired) electrons. The van der Waals surface area contributed by atoms with Gasteiger partial charge in [0.05, 0.1) is 17.9 Å². The number of hydrogen-bond donors (Lipinski definition) is 7. The first-order valence-corrected chi connectivity index (χ1v) is 16.3. The van der Waals surface area contributed by atoms with Crippen LogP contribution in [-0.4, -0.2) is 104 Å². The van der Waals surface area contributed by atoms with Gasteiger partial charge in [0.25, 0.3) is 0 Å². The topological polar surface area (TPSA) is 235 Å². The molecule has 2 saturated heterocycles. The van der Waals surface area contributed by atoms with Crippen LogP contribution in [0.25, 0.3) is 6.08 Å². The van der Waals surface area contributed by atoms with Crippen molar-refractivity contribution in [3.05, 3.63) is 65.0 Å². The van der Waals surface area contributed by atoms with Crippen LogP contribution in [0.15, 0.2) is 53.2 Å². The van der Waals surface area contributed by atoms with Gasteiger partial charge < -0.3 is 54.1 Å². The summed E-state index contributed by atoms with van der Waals surface area (Å²) < 4.78 is 52.0. The molecular weight excluding hydrogens is 662 g/mol. The highest BCUT2D eigenvalue weighted by Crippen LogP contribution is 2.43. The smallest absolute Gasteiger partial charge is 0.461 e. The van der Waals surface area contributed by atoms with Gasteiger partial charge in [-0.25, -0.2) is 8.96 Å². The lowest BCUT2D eigenvalue weighted by Gasteiger charge is -2.41. The molecule has 2 aromatic rings. The van der Waals surface area contributed by atoms with Crippen LogP contribution in [0.1, 0.15) is 31.4 Å². The predicted octanol–water partition coefficient (Wildman–Crippen LogP) is 0.471. The maximum absolute atomic E-state index is 13.4. The Kier molecular flexibility index (Phi) is 11.2.